The van der Waals surface area contributed by atoms with E-state index in [1.54, 1.807) is 25.2 Å². The molecule has 0 saturated carbocycles. The minimum Gasteiger partial charge on any atom is -0.337 e. The highest BCUT2D eigenvalue weighted by Crippen LogP contribution is 2.19. The molecule has 1 aromatic heterocycles. The maximum absolute atomic E-state index is 13.1. The molecule has 0 aliphatic heterocycles. The first kappa shape index (κ1) is 18.5. The fourth-order valence-corrected chi connectivity index (χ4v) is 2.75. The summed E-state index contributed by atoms with van der Waals surface area (Å²) in [6.07, 6.45) is 0. The van der Waals surface area contributed by atoms with Crippen molar-refractivity contribution in [1.82, 2.24) is 14.7 Å². The average molecular weight is 365 g/mol. The second-order valence-corrected chi connectivity index (χ2v) is 6.31. The van der Waals surface area contributed by atoms with Crippen LogP contribution in [0.15, 0.2) is 71.5 Å². The van der Waals surface area contributed by atoms with E-state index < -0.39 is 0 Å². The molecule has 0 N–H and O–H groups in total. The molecule has 0 fully saturated rings. The number of hydrogen-bond donors (Lipinski definition) is 0. The van der Waals surface area contributed by atoms with Crippen LogP contribution in [0.2, 0.25) is 0 Å². The van der Waals surface area contributed by atoms with Crippen LogP contribution in [-0.2, 0) is 11.3 Å². The number of halogens is 1. The number of nitrogens with zero attached hydrogens (tertiary/aromatic N) is 3. The van der Waals surface area contributed by atoms with E-state index in [4.69, 9.17) is 0 Å². The minimum absolute atomic E-state index is 0.165. The number of hydrogen-bond acceptors (Lipinski definition) is 3. The lowest BCUT2D eigenvalue weighted by atomic mass is 10.1. The Morgan fingerprint density at radius 1 is 1.07 bits per heavy atom. The standard InChI is InChI=1S/C21H20FN3O2/c1-15(16-8-10-18(22)11-9-16)24(2)21(27)14-25-20(26)13-12-19(23-25)17-6-4-3-5-7-17/h3-13,15H,14H2,1-2H3/t15-/m0/s1. The zero-order valence-electron chi connectivity index (χ0n) is 15.2. The van der Waals surface area contributed by atoms with E-state index in [2.05, 4.69) is 5.10 Å². The summed E-state index contributed by atoms with van der Waals surface area (Å²) in [5, 5.41) is 4.32. The van der Waals surface area contributed by atoms with Crippen LogP contribution in [-0.4, -0.2) is 27.6 Å². The highest BCUT2D eigenvalue weighted by molar-refractivity contribution is 5.76. The van der Waals surface area contributed by atoms with E-state index in [1.165, 1.54) is 27.8 Å². The largest absolute Gasteiger partial charge is 0.337 e. The van der Waals surface area contributed by atoms with Crippen LogP contribution in [0.5, 0.6) is 0 Å². The monoisotopic (exact) mass is 365 g/mol. The zero-order valence-corrected chi connectivity index (χ0v) is 15.2. The molecule has 1 atom stereocenters. The van der Waals surface area contributed by atoms with Crippen LogP contribution in [0.25, 0.3) is 11.3 Å². The van der Waals surface area contributed by atoms with Gasteiger partial charge in [-0.2, -0.15) is 5.10 Å². The number of carbonyl (C=O) groups is 1. The maximum Gasteiger partial charge on any atom is 0.267 e. The smallest absolute Gasteiger partial charge is 0.267 e. The second-order valence-electron chi connectivity index (χ2n) is 6.31. The maximum atomic E-state index is 13.1. The summed E-state index contributed by atoms with van der Waals surface area (Å²) in [5.41, 5.74) is 1.96. The molecule has 0 radical (unpaired) electrons. The van der Waals surface area contributed by atoms with Gasteiger partial charge in [-0.15, -0.1) is 0 Å². The van der Waals surface area contributed by atoms with Crippen LogP contribution < -0.4 is 5.56 Å². The Balaban J connectivity index is 1.79. The Hall–Kier alpha value is -3.28. The summed E-state index contributed by atoms with van der Waals surface area (Å²) in [7, 11) is 1.66. The summed E-state index contributed by atoms with van der Waals surface area (Å²) < 4.78 is 14.3. The van der Waals surface area contributed by atoms with Crippen molar-refractivity contribution in [3.8, 4) is 11.3 Å². The van der Waals surface area contributed by atoms with Gasteiger partial charge < -0.3 is 4.90 Å². The van der Waals surface area contributed by atoms with Gasteiger partial charge in [-0.3, -0.25) is 9.59 Å². The van der Waals surface area contributed by atoms with Gasteiger partial charge >= 0.3 is 0 Å². The third-order valence-corrected chi connectivity index (χ3v) is 4.55. The molecule has 0 aliphatic carbocycles. The number of benzene rings is 2. The van der Waals surface area contributed by atoms with Gasteiger partial charge in [-0.1, -0.05) is 42.5 Å². The normalized spacial score (nSPS) is 11.8. The number of carbonyl (C=O) groups excluding carboxylic acids is 1. The lowest BCUT2D eigenvalue weighted by Crippen LogP contribution is -2.36. The predicted octanol–water partition coefficient (Wildman–Crippen LogP) is 3.27. The summed E-state index contributed by atoms with van der Waals surface area (Å²) in [6.45, 7) is 1.68. The first-order valence-electron chi connectivity index (χ1n) is 8.60. The molecule has 2 aromatic carbocycles. The Kier molecular flexibility index (Phi) is 5.45. The van der Waals surface area contributed by atoms with E-state index in [0.29, 0.717) is 5.69 Å². The van der Waals surface area contributed by atoms with Crippen molar-refractivity contribution >= 4 is 5.91 Å². The van der Waals surface area contributed by atoms with E-state index in [0.717, 1.165) is 11.1 Å². The van der Waals surface area contributed by atoms with Crippen molar-refractivity contribution in [3.63, 3.8) is 0 Å². The molecule has 5 nitrogen and oxygen atoms in total. The third kappa shape index (κ3) is 4.28. The van der Waals surface area contributed by atoms with E-state index in [9.17, 15) is 14.0 Å². The molecule has 3 aromatic rings. The first-order chi connectivity index (χ1) is 13.0. The SMILES string of the molecule is C[C@@H](c1ccc(F)cc1)N(C)C(=O)Cn1nc(-c2ccccc2)ccc1=O. The fraction of sp³-hybridized carbons (Fsp3) is 0.190. The molecular weight excluding hydrogens is 345 g/mol. The Labute approximate surface area is 156 Å². The van der Waals surface area contributed by atoms with Crippen molar-refractivity contribution in [2.75, 3.05) is 7.05 Å². The van der Waals surface area contributed by atoms with Gasteiger partial charge in [0.2, 0.25) is 5.91 Å². The lowest BCUT2D eigenvalue weighted by molar-refractivity contribution is -0.132. The van der Waals surface area contributed by atoms with E-state index >= 15 is 0 Å². The average Bonchev–Trinajstić information content (AvgIpc) is 2.69. The number of aromatic nitrogens is 2. The third-order valence-electron chi connectivity index (χ3n) is 4.55. The van der Waals surface area contributed by atoms with Crippen molar-refractivity contribution in [2.24, 2.45) is 0 Å². The highest BCUT2D eigenvalue weighted by Gasteiger charge is 2.19. The molecular formula is C21H20FN3O2. The number of amides is 1. The summed E-state index contributed by atoms with van der Waals surface area (Å²) in [5.74, 6) is -0.583. The second kappa shape index (κ2) is 7.95. The summed E-state index contributed by atoms with van der Waals surface area (Å²) >= 11 is 0. The highest BCUT2D eigenvalue weighted by atomic mass is 19.1. The molecule has 6 heteroatoms. The van der Waals surface area contributed by atoms with Crippen LogP contribution in [0.1, 0.15) is 18.5 Å². The van der Waals surface area contributed by atoms with Crippen molar-refractivity contribution in [2.45, 2.75) is 19.5 Å². The summed E-state index contributed by atoms with van der Waals surface area (Å²) in [6, 6.07) is 18.2. The molecule has 138 valence electrons. The number of rotatable bonds is 5. The van der Waals surface area contributed by atoms with Crippen LogP contribution in [0.3, 0.4) is 0 Å². The van der Waals surface area contributed by atoms with Gasteiger partial charge in [0, 0.05) is 18.7 Å². The molecule has 3 rings (SSSR count). The molecule has 0 saturated heterocycles. The lowest BCUT2D eigenvalue weighted by Gasteiger charge is -2.25. The quantitative estimate of drug-likeness (QED) is 0.697. The van der Waals surface area contributed by atoms with Crippen molar-refractivity contribution in [3.05, 3.63) is 88.5 Å². The molecule has 27 heavy (non-hydrogen) atoms. The summed E-state index contributed by atoms with van der Waals surface area (Å²) in [4.78, 5) is 26.3. The molecule has 0 spiro atoms. The van der Waals surface area contributed by atoms with E-state index in [1.807, 2.05) is 37.3 Å². The minimum atomic E-state index is -0.342. The number of likely N-dealkylation sites (N-methyl/N-ethyl adjacent to an activating group) is 1. The molecule has 0 aliphatic rings. The Morgan fingerprint density at radius 3 is 2.41 bits per heavy atom. The molecule has 0 bridgehead atoms. The first-order valence-corrected chi connectivity index (χ1v) is 8.60. The van der Waals surface area contributed by atoms with Gasteiger partial charge in [0.25, 0.3) is 5.56 Å². The molecule has 1 amide bonds. The van der Waals surface area contributed by atoms with E-state index in [-0.39, 0.29) is 29.9 Å². The fourth-order valence-electron chi connectivity index (χ4n) is 2.75. The topological polar surface area (TPSA) is 55.2 Å². The molecule has 0 unspecified atom stereocenters. The van der Waals surface area contributed by atoms with Gasteiger partial charge in [0.1, 0.15) is 12.4 Å². The molecule has 1 heterocycles. The van der Waals surface area contributed by atoms with Crippen molar-refractivity contribution in [1.29, 1.82) is 0 Å². The van der Waals surface area contributed by atoms with Crippen LogP contribution in [0.4, 0.5) is 4.39 Å². The van der Waals surface area contributed by atoms with Crippen LogP contribution >= 0.6 is 0 Å². The Morgan fingerprint density at radius 2 is 1.74 bits per heavy atom. The van der Waals surface area contributed by atoms with Gasteiger partial charge in [0.05, 0.1) is 11.7 Å². The van der Waals surface area contributed by atoms with Crippen LogP contribution in [0, 0.1) is 5.82 Å². The van der Waals surface area contributed by atoms with Gasteiger partial charge in [0.15, 0.2) is 0 Å². The predicted molar refractivity (Wildman–Crippen MR) is 102 cm³/mol. The zero-order chi connectivity index (χ0) is 19.4. The van der Waals surface area contributed by atoms with Gasteiger partial charge in [-0.25, -0.2) is 9.07 Å². The van der Waals surface area contributed by atoms with Crippen molar-refractivity contribution < 1.29 is 9.18 Å². The Bertz CT molecular complexity index is 984. The van der Waals surface area contributed by atoms with Gasteiger partial charge in [-0.05, 0) is 30.7 Å².